The SMILES string of the molecule is N#CC1(CC(=O)[C@@H]2CCCC[C@H]2c2oc(-c3cncc(Cl)c3)nc2-c2ccc(N3CCS(=O)(=O)CC3)cc2)CC1. The van der Waals surface area contributed by atoms with Gasteiger partial charge in [0.25, 0.3) is 0 Å². The Bertz CT molecular complexity index is 1560. The van der Waals surface area contributed by atoms with Crippen molar-refractivity contribution in [1.29, 1.82) is 5.26 Å². The zero-order valence-electron chi connectivity index (χ0n) is 22.2. The van der Waals surface area contributed by atoms with Gasteiger partial charge in [0.15, 0.2) is 9.84 Å². The zero-order valence-corrected chi connectivity index (χ0v) is 23.8. The van der Waals surface area contributed by atoms with Crippen LogP contribution in [0.4, 0.5) is 5.69 Å². The maximum absolute atomic E-state index is 13.5. The number of carbonyl (C=O) groups is 1. The van der Waals surface area contributed by atoms with Crippen LogP contribution in [0.3, 0.4) is 0 Å². The van der Waals surface area contributed by atoms with Crippen molar-refractivity contribution in [3.63, 3.8) is 0 Å². The van der Waals surface area contributed by atoms with Gasteiger partial charge in [0.2, 0.25) is 5.89 Å². The fourth-order valence-electron chi connectivity index (χ4n) is 6.02. The highest BCUT2D eigenvalue weighted by Crippen LogP contribution is 2.51. The van der Waals surface area contributed by atoms with Crippen LogP contribution in [-0.4, -0.2) is 48.8 Å². The molecule has 0 amide bonds. The smallest absolute Gasteiger partial charge is 0.228 e. The van der Waals surface area contributed by atoms with Gasteiger partial charge >= 0.3 is 0 Å². The number of pyridine rings is 1. The van der Waals surface area contributed by atoms with Gasteiger partial charge in [-0.3, -0.25) is 9.78 Å². The Hall–Kier alpha value is -3.22. The minimum absolute atomic E-state index is 0.133. The predicted octanol–water partition coefficient (Wildman–Crippen LogP) is 5.83. The molecule has 0 N–H and O–H groups in total. The molecule has 2 saturated carbocycles. The van der Waals surface area contributed by atoms with Crippen molar-refractivity contribution in [2.75, 3.05) is 29.5 Å². The number of anilines is 1. The average molecular weight is 579 g/mol. The van der Waals surface area contributed by atoms with Gasteiger partial charge in [-0.1, -0.05) is 36.6 Å². The number of benzene rings is 1. The second-order valence-corrected chi connectivity index (χ2v) is 14.1. The molecule has 208 valence electrons. The summed E-state index contributed by atoms with van der Waals surface area (Å²) in [4.78, 5) is 24.7. The third kappa shape index (κ3) is 5.52. The van der Waals surface area contributed by atoms with Crippen LogP contribution in [0.1, 0.15) is 56.6 Å². The maximum atomic E-state index is 13.5. The fraction of sp³-hybridized carbons (Fsp3) is 0.467. The summed E-state index contributed by atoms with van der Waals surface area (Å²) >= 11 is 6.22. The molecule has 3 fully saturated rings. The van der Waals surface area contributed by atoms with E-state index in [1.165, 1.54) is 0 Å². The van der Waals surface area contributed by atoms with E-state index >= 15 is 0 Å². The van der Waals surface area contributed by atoms with Gasteiger partial charge < -0.3 is 9.32 Å². The number of Topliss-reactive ketones (excluding diaryl/α,β-unsaturated/α-hetero) is 1. The van der Waals surface area contributed by atoms with Crippen molar-refractivity contribution in [1.82, 2.24) is 9.97 Å². The number of carbonyl (C=O) groups excluding carboxylic acids is 1. The number of rotatable bonds is 7. The average Bonchev–Trinajstić information content (AvgIpc) is 3.59. The van der Waals surface area contributed by atoms with E-state index in [0.29, 0.717) is 47.4 Å². The van der Waals surface area contributed by atoms with Gasteiger partial charge in [0.05, 0.1) is 33.6 Å². The molecular weight excluding hydrogens is 548 g/mol. The van der Waals surface area contributed by atoms with E-state index in [2.05, 4.69) is 16.0 Å². The van der Waals surface area contributed by atoms with Gasteiger partial charge in [-0.05, 0) is 43.9 Å². The minimum atomic E-state index is -2.97. The Morgan fingerprint density at radius 2 is 1.82 bits per heavy atom. The standard InChI is InChI=1S/C30H31ClN4O4S/c31-22-15-21(17-33-18-22)29-34-27(20-5-7-23(8-6-20)35-11-13-40(37,38)14-12-35)28(39-29)25-4-2-1-3-24(25)26(36)16-30(19-32)9-10-30/h5-8,15,17-18,24-25H,1-4,9-14,16H2/t24-,25-/m1/s1. The Morgan fingerprint density at radius 3 is 2.50 bits per heavy atom. The third-order valence-electron chi connectivity index (χ3n) is 8.58. The van der Waals surface area contributed by atoms with Crippen molar-refractivity contribution in [3.05, 3.63) is 53.5 Å². The number of oxazole rings is 1. The Balaban J connectivity index is 1.35. The molecule has 3 aromatic rings. The second kappa shape index (κ2) is 10.6. The summed E-state index contributed by atoms with van der Waals surface area (Å²) in [7, 11) is -2.97. The van der Waals surface area contributed by atoms with Crippen LogP contribution >= 0.6 is 11.6 Å². The minimum Gasteiger partial charge on any atom is -0.440 e. The van der Waals surface area contributed by atoms with E-state index in [9.17, 15) is 18.5 Å². The molecule has 3 heterocycles. The van der Waals surface area contributed by atoms with Crippen molar-refractivity contribution in [3.8, 4) is 28.8 Å². The van der Waals surface area contributed by atoms with E-state index in [1.807, 2.05) is 24.3 Å². The Kier molecular flexibility index (Phi) is 7.18. The molecule has 3 aliphatic rings. The highest BCUT2D eigenvalue weighted by molar-refractivity contribution is 7.91. The van der Waals surface area contributed by atoms with Gasteiger partial charge in [-0.2, -0.15) is 5.26 Å². The summed E-state index contributed by atoms with van der Waals surface area (Å²) in [6.07, 6.45) is 8.65. The third-order valence-corrected chi connectivity index (χ3v) is 10.4. The van der Waals surface area contributed by atoms with Crippen molar-refractivity contribution in [2.45, 2.75) is 50.9 Å². The van der Waals surface area contributed by atoms with E-state index < -0.39 is 15.3 Å². The largest absolute Gasteiger partial charge is 0.440 e. The highest BCUT2D eigenvalue weighted by Gasteiger charge is 2.47. The lowest BCUT2D eigenvalue weighted by molar-refractivity contribution is -0.125. The number of hydrogen-bond acceptors (Lipinski definition) is 8. The molecule has 6 rings (SSSR count). The van der Waals surface area contributed by atoms with Crippen LogP contribution in [0.5, 0.6) is 0 Å². The number of ketones is 1. The molecule has 0 bridgehead atoms. The van der Waals surface area contributed by atoms with Crippen molar-refractivity contribution < 1.29 is 17.6 Å². The summed E-state index contributed by atoms with van der Waals surface area (Å²) in [5.74, 6) is 1.20. The lowest BCUT2D eigenvalue weighted by atomic mass is 9.73. The van der Waals surface area contributed by atoms with E-state index in [1.54, 1.807) is 18.5 Å². The summed E-state index contributed by atoms with van der Waals surface area (Å²) in [6.45, 7) is 0.942. The molecule has 0 spiro atoms. The van der Waals surface area contributed by atoms with Crippen LogP contribution in [-0.2, 0) is 14.6 Å². The summed E-state index contributed by atoms with van der Waals surface area (Å²) in [5.41, 5.74) is 2.69. The molecule has 8 nitrogen and oxygen atoms in total. The monoisotopic (exact) mass is 578 g/mol. The van der Waals surface area contributed by atoms with Crippen LogP contribution in [0.2, 0.25) is 5.02 Å². The molecule has 2 aromatic heterocycles. The first-order valence-corrected chi connectivity index (χ1v) is 16.1. The number of halogens is 1. The van der Waals surface area contributed by atoms with Crippen LogP contribution in [0.15, 0.2) is 47.1 Å². The second-order valence-electron chi connectivity index (χ2n) is 11.3. The van der Waals surface area contributed by atoms with Crippen LogP contribution < -0.4 is 4.90 Å². The van der Waals surface area contributed by atoms with Crippen molar-refractivity contribution in [2.24, 2.45) is 11.3 Å². The van der Waals surface area contributed by atoms with Crippen LogP contribution in [0, 0.1) is 22.7 Å². The van der Waals surface area contributed by atoms with Gasteiger partial charge in [0, 0.05) is 55.0 Å². The lowest BCUT2D eigenvalue weighted by Gasteiger charge is -2.30. The zero-order chi connectivity index (χ0) is 27.9. The normalized spacial score (nSPS) is 23.4. The molecule has 1 aromatic carbocycles. The van der Waals surface area contributed by atoms with Crippen molar-refractivity contribution >= 4 is 32.9 Å². The van der Waals surface area contributed by atoms with E-state index in [0.717, 1.165) is 49.8 Å². The molecule has 0 radical (unpaired) electrons. The van der Waals surface area contributed by atoms with Gasteiger partial charge in [-0.25, -0.2) is 13.4 Å². The number of hydrogen-bond donors (Lipinski definition) is 0. The molecule has 10 heteroatoms. The first-order chi connectivity index (χ1) is 19.3. The summed E-state index contributed by atoms with van der Waals surface area (Å²) < 4.78 is 30.2. The van der Waals surface area contributed by atoms with Gasteiger partial charge in [0.1, 0.15) is 17.2 Å². The first-order valence-electron chi connectivity index (χ1n) is 13.9. The van der Waals surface area contributed by atoms with E-state index in [4.69, 9.17) is 21.0 Å². The highest BCUT2D eigenvalue weighted by atomic mass is 35.5. The molecule has 0 unspecified atom stereocenters. The van der Waals surface area contributed by atoms with Crippen LogP contribution in [0.25, 0.3) is 22.7 Å². The molecule has 1 saturated heterocycles. The number of nitrogens with zero attached hydrogens (tertiary/aromatic N) is 4. The maximum Gasteiger partial charge on any atom is 0.228 e. The topological polar surface area (TPSA) is 117 Å². The summed E-state index contributed by atoms with van der Waals surface area (Å²) in [5, 5.41) is 10.1. The Labute approximate surface area is 239 Å². The molecule has 40 heavy (non-hydrogen) atoms. The predicted molar refractivity (Wildman–Crippen MR) is 153 cm³/mol. The van der Waals surface area contributed by atoms with Gasteiger partial charge in [-0.15, -0.1) is 0 Å². The molecular formula is C30H31ClN4O4S. The first kappa shape index (κ1) is 27.0. The number of nitriles is 1. The van der Waals surface area contributed by atoms with E-state index in [-0.39, 0.29) is 29.1 Å². The Morgan fingerprint density at radius 1 is 1.10 bits per heavy atom. The molecule has 2 atom stereocenters. The fourth-order valence-corrected chi connectivity index (χ4v) is 7.39. The molecule has 1 aliphatic heterocycles. The summed E-state index contributed by atoms with van der Waals surface area (Å²) in [6, 6.07) is 12.1. The number of sulfone groups is 1. The molecule has 2 aliphatic carbocycles. The quantitative estimate of drug-likeness (QED) is 0.344. The number of aromatic nitrogens is 2. The lowest BCUT2D eigenvalue weighted by Crippen LogP contribution is -2.40.